The zero-order chi connectivity index (χ0) is 24.2. The molecule has 0 saturated heterocycles. The van der Waals surface area contributed by atoms with E-state index in [4.69, 9.17) is 4.98 Å². The summed E-state index contributed by atoms with van der Waals surface area (Å²) < 4.78 is 15.7. The quantitative estimate of drug-likeness (QED) is 0.423. The molecule has 6 heteroatoms. The maximum absolute atomic E-state index is 14.2. The molecular weight excluding hydrogens is 429 g/mol. The van der Waals surface area contributed by atoms with Crippen molar-refractivity contribution in [1.82, 2.24) is 14.5 Å². The molecule has 0 radical (unpaired) electrons. The third kappa shape index (κ3) is 4.92. The Balaban J connectivity index is 1.88. The van der Waals surface area contributed by atoms with Gasteiger partial charge in [-0.1, -0.05) is 54.6 Å². The first-order chi connectivity index (χ1) is 16.3. The van der Waals surface area contributed by atoms with Gasteiger partial charge < -0.3 is 10.0 Å². The average molecular weight is 458 g/mol. The summed E-state index contributed by atoms with van der Waals surface area (Å²) in [6, 6.07) is 22.0. The highest BCUT2D eigenvalue weighted by Crippen LogP contribution is 2.31. The van der Waals surface area contributed by atoms with Crippen molar-refractivity contribution in [2.24, 2.45) is 0 Å². The third-order valence-corrected chi connectivity index (χ3v) is 5.76. The molecule has 0 saturated carbocycles. The lowest BCUT2D eigenvalue weighted by atomic mass is 10.0. The molecule has 0 amide bonds. The van der Waals surface area contributed by atoms with Gasteiger partial charge in [0.25, 0.3) is 5.56 Å². The summed E-state index contributed by atoms with van der Waals surface area (Å²) >= 11 is 0. The number of benzene rings is 3. The second-order valence-electron chi connectivity index (χ2n) is 8.66. The SMILES string of the molecule is Cc1nc(-c2cccc(F)c2O)n(CCc2ccccc2)c(=O)c1-c1cccc(CN(C)C)c1. The van der Waals surface area contributed by atoms with Crippen LogP contribution in [0.5, 0.6) is 5.75 Å². The molecule has 0 spiro atoms. The standard InChI is InChI=1S/C28H28FN3O2/c1-19-25(22-12-7-11-21(17-22)18-31(2)3)28(34)32(16-15-20-9-5-4-6-10-20)27(30-19)23-13-8-14-24(29)26(23)33/h4-14,17,33H,15-16,18H2,1-3H3. The number of halogens is 1. The van der Waals surface area contributed by atoms with E-state index in [-0.39, 0.29) is 16.9 Å². The van der Waals surface area contributed by atoms with E-state index in [0.29, 0.717) is 24.2 Å². The molecule has 0 atom stereocenters. The fourth-order valence-corrected chi connectivity index (χ4v) is 4.18. The van der Waals surface area contributed by atoms with Gasteiger partial charge in [-0.15, -0.1) is 0 Å². The van der Waals surface area contributed by atoms with Crippen molar-refractivity contribution in [3.05, 3.63) is 106 Å². The lowest BCUT2D eigenvalue weighted by molar-refractivity contribution is 0.402. The van der Waals surface area contributed by atoms with Gasteiger partial charge in [-0.05, 0) is 62.3 Å². The van der Waals surface area contributed by atoms with Crippen molar-refractivity contribution < 1.29 is 9.50 Å². The number of rotatable bonds is 7. The number of nitrogens with zero attached hydrogens (tertiary/aromatic N) is 3. The first-order valence-corrected chi connectivity index (χ1v) is 11.2. The minimum atomic E-state index is -0.750. The number of aromatic hydroxyl groups is 1. The second kappa shape index (κ2) is 10.0. The Morgan fingerprint density at radius 1 is 0.971 bits per heavy atom. The Kier molecular flexibility index (Phi) is 6.89. The van der Waals surface area contributed by atoms with Crippen molar-refractivity contribution in [3.8, 4) is 28.3 Å². The topological polar surface area (TPSA) is 58.4 Å². The van der Waals surface area contributed by atoms with Gasteiger partial charge in [0.2, 0.25) is 0 Å². The van der Waals surface area contributed by atoms with Crippen LogP contribution in [-0.4, -0.2) is 33.7 Å². The summed E-state index contributed by atoms with van der Waals surface area (Å²) in [5.41, 5.74) is 3.96. The van der Waals surface area contributed by atoms with Crippen molar-refractivity contribution in [2.45, 2.75) is 26.4 Å². The highest BCUT2D eigenvalue weighted by atomic mass is 19.1. The minimum Gasteiger partial charge on any atom is -0.504 e. The van der Waals surface area contributed by atoms with Crippen molar-refractivity contribution >= 4 is 0 Å². The van der Waals surface area contributed by atoms with E-state index >= 15 is 0 Å². The van der Waals surface area contributed by atoms with Gasteiger partial charge in [-0.25, -0.2) is 9.37 Å². The Morgan fingerprint density at radius 2 is 1.68 bits per heavy atom. The van der Waals surface area contributed by atoms with Crippen molar-refractivity contribution in [1.29, 1.82) is 0 Å². The molecule has 1 heterocycles. The normalized spacial score (nSPS) is 11.2. The van der Waals surface area contributed by atoms with E-state index in [1.165, 1.54) is 12.1 Å². The second-order valence-corrected chi connectivity index (χ2v) is 8.66. The van der Waals surface area contributed by atoms with Crippen LogP contribution in [0.1, 0.15) is 16.8 Å². The summed E-state index contributed by atoms with van der Waals surface area (Å²) in [5.74, 6) is -1.01. The highest BCUT2D eigenvalue weighted by molar-refractivity contribution is 5.70. The molecule has 174 valence electrons. The first kappa shape index (κ1) is 23.4. The fourth-order valence-electron chi connectivity index (χ4n) is 4.18. The zero-order valence-electron chi connectivity index (χ0n) is 19.6. The van der Waals surface area contributed by atoms with Gasteiger partial charge >= 0.3 is 0 Å². The lowest BCUT2D eigenvalue weighted by Crippen LogP contribution is -2.27. The molecule has 1 aromatic heterocycles. The van der Waals surface area contributed by atoms with Crippen LogP contribution in [0, 0.1) is 12.7 Å². The van der Waals surface area contributed by atoms with E-state index < -0.39 is 11.6 Å². The van der Waals surface area contributed by atoms with Gasteiger partial charge in [0, 0.05) is 13.1 Å². The van der Waals surface area contributed by atoms with Gasteiger partial charge in [0.15, 0.2) is 11.6 Å². The van der Waals surface area contributed by atoms with Gasteiger partial charge in [0.05, 0.1) is 16.8 Å². The largest absolute Gasteiger partial charge is 0.504 e. The van der Waals surface area contributed by atoms with Gasteiger partial charge in [-0.2, -0.15) is 0 Å². The summed E-state index contributed by atoms with van der Waals surface area (Å²) in [6.45, 7) is 2.86. The molecule has 0 aliphatic rings. The highest BCUT2D eigenvalue weighted by Gasteiger charge is 2.20. The number of hydrogen-bond acceptors (Lipinski definition) is 4. The smallest absolute Gasteiger partial charge is 0.261 e. The Labute approximate surface area is 198 Å². The molecule has 0 bridgehead atoms. The number of aromatic nitrogens is 2. The Morgan fingerprint density at radius 3 is 2.41 bits per heavy atom. The molecule has 3 aromatic carbocycles. The number of phenols is 1. The van der Waals surface area contributed by atoms with Crippen molar-refractivity contribution in [3.63, 3.8) is 0 Å². The maximum Gasteiger partial charge on any atom is 0.261 e. The van der Waals surface area contributed by atoms with Crippen LogP contribution >= 0.6 is 0 Å². The van der Waals surface area contributed by atoms with E-state index in [9.17, 15) is 14.3 Å². The molecule has 1 N–H and O–H groups in total. The van der Waals surface area contributed by atoms with E-state index in [0.717, 1.165) is 23.2 Å². The molecule has 0 aliphatic carbocycles. The summed E-state index contributed by atoms with van der Waals surface area (Å²) in [6.07, 6.45) is 0.592. The number of aryl methyl sites for hydroxylation is 2. The fraction of sp³-hybridized carbons (Fsp3) is 0.214. The Bertz CT molecular complexity index is 1360. The van der Waals surface area contributed by atoms with E-state index in [1.54, 1.807) is 17.6 Å². The maximum atomic E-state index is 14.2. The van der Waals surface area contributed by atoms with Crippen molar-refractivity contribution in [2.75, 3.05) is 14.1 Å². The molecule has 4 rings (SSSR count). The minimum absolute atomic E-state index is 0.196. The molecule has 0 unspecified atom stereocenters. The van der Waals surface area contributed by atoms with E-state index in [2.05, 4.69) is 4.90 Å². The molecular formula is C28H28FN3O2. The predicted molar refractivity (Wildman–Crippen MR) is 133 cm³/mol. The van der Waals surface area contributed by atoms with Crippen LogP contribution in [0.2, 0.25) is 0 Å². The van der Waals surface area contributed by atoms with E-state index in [1.807, 2.05) is 68.7 Å². The summed E-state index contributed by atoms with van der Waals surface area (Å²) in [5, 5.41) is 10.4. The summed E-state index contributed by atoms with van der Waals surface area (Å²) in [4.78, 5) is 20.7. The van der Waals surface area contributed by atoms with Crippen LogP contribution in [0.15, 0.2) is 77.6 Å². The summed E-state index contributed by atoms with van der Waals surface area (Å²) in [7, 11) is 3.99. The molecule has 0 aliphatic heterocycles. The number of hydrogen-bond donors (Lipinski definition) is 1. The number of para-hydroxylation sites is 1. The molecule has 5 nitrogen and oxygen atoms in total. The van der Waals surface area contributed by atoms with Crippen LogP contribution in [0.25, 0.3) is 22.5 Å². The third-order valence-electron chi connectivity index (χ3n) is 5.76. The lowest BCUT2D eigenvalue weighted by Gasteiger charge is -2.18. The molecule has 0 fully saturated rings. The molecule has 34 heavy (non-hydrogen) atoms. The average Bonchev–Trinajstić information content (AvgIpc) is 2.80. The van der Waals surface area contributed by atoms with Gasteiger partial charge in [-0.3, -0.25) is 9.36 Å². The van der Waals surface area contributed by atoms with Crippen LogP contribution in [-0.2, 0) is 19.5 Å². The van der Waals surface area contributed by atoms with Crippen LogP contribution < -0.4 is 5.56 Å². The van der Waals surface area contributed by atoms with Gasteiger partial charge in [0.1, 0.15) is 5.82 Å². The number of phenolic OH excluding ortho intramolecular Hbond substituents is 1. The first-order valence-electron chi connectivity index (χ1n) is 11.2. The van der Waals surface area contributed by atoms with Crippen LogP contribution in [0.4, 0.5) is 4.39 Å². The van der Waals surface area contributed by atoms with Crippen LogP contribution in [0.3, 0.4) is 0 Å². The monoisotopic (exact) mass is 457 g/mol. The molecule has 4 aromatic rings. The zero-order valence-corrected chi connectivity index (χ0v) is 19.6. The predicted octanol–water partition coefficient (Wildman–Crippen LogP) is 5.03. The Hall–Kier alpha value is -3.77.